The lowest BCUT2D eigenvalue weighted by Crippen LogP contribution is -2.42. The molecule has 1 aromatic heterocycles. The van der Waals surface area contributed by atoms with Gasteiger partial charge in [0.1, 0.15) is 18.5 Å². The number of hydrogen-bond donors (Lipinski definition) is 2. The van der Waals surface area contributed by atoms with Crippen molar-refractivity contribution in [1.29, 1.82) is 0 Å². The van der Waals surface area contributed by atoms with Gasteiger partial charge in [-0.05, 0) is 12.5 Å². The third kappa shape index (κ3) is 4.31. The van der Waals surface area contributed by atoms with Crippen molar-refractivity contribution < 1.29 is 28.2 Å². The Morgan fingerprint density at radius 3 is 2.88 bits per heavy atom. The molecule has 0 saturated carbocycles. The molecule has 10 heteroatoms. The summed E-state index contributed by atoms with van der Waals surface area (Å²) in [7, 11) is 0. The summed E-state index contributed by atoms with van der Waals surface area (Å²) in [6.07, 6.45) is -2.17. The molecule has 0 radical (unpaired) electrons. The number of ether oxygens (including phenoxy) is 2. The van der Waals surface area contributed by atoms with Crippen molar-refractivity contribution in [3.05, 3.63) is 22.7 Å². The molecule has 25 heavy (non-hydrogen) atoms. The normalized spacial score (nSPS) is 25.0. The summed E-state index contributed by atoms with van der Waals surface area (Å²) in [6.45, 7) is 1.44. The third-order valence-electron chi connectivity index (χ3n) is 3.88. The van der Waals surface area contributed by atoms with Crippen molar-refractivity contribution in [2.45, 2.75) is 57.0 Å². The molecule has 1 aliphatic rings. The van der Waals surface area contributed by atoms with E-state index in [9.17, 15) is 23.5 Å². The molecule has 1 saturated heterocycles. The van der Waals surface area contributed by atoms with Crippen LogP contribution in [0.4, 0.5) is 14.6 Å². The predicted molar refractivity (Wildman–Crippen MR) is 82.9 cm³/mol. The van der Waals surface area contributed by atoms with E-state index >= 15 is 0 Å². The zero-order valence-electron chi connectivity index (χ0n) is 13.7. The monoisotopic (exact) mass is 361 g/mol. The van der Waals surface area contributed by atoms with E-state index in [1.165, 1.54) is 0 Å². The van der Waals surface area contributed by atoms with Crippen LogP contribution in [0.1, 0.15) is 38.8 Å². The minimum atomic E-state index is -3.76. The van der Waals surface area contributed by atoms with Crippen LogP contribution in [0.25, 0.3) is 0 Å². The lowest BCUT2D eigenvalue weighted by atomic mass is 10.1. The lowest BCUT2D eigenvalue weighted by molar-refractivity contribution is -0.150. The molecule has 1 unspecified atom stereocenters. The van der Waals surface area contributed by atoms with Crippen LogP contribution in [-0.2, 0) is 14.3 Å². The van der Waals surface area contributed by atoms with Gasteiger partial charge in [-0.1, -0.05) is 19.8 Å². The number of nitrogens with zero attached hydrogens (tertiary/aromatic N) is 2. The van der Waals surface area contributed by atoms with Crippen molar-refractivity contribution >= 4 is 11.8 Å². The van der Waals surface area contributed by atoms with Gasteiger partial charge in [-0.15, -0.1) is 0 Å². The fourth-order valence-corrected chi connectivity index (χ4v) is 2.48. The molecule has 1 aliphatic heterocycles. The largest absolute Gasteiger partial charge is 0.463 e. The summed E-state index contributed by atoms with van der Waals surface area (Å²) in [5.74, 6) is -4.44. The molecule has 0 amide bonds. The first-order valence-electron chi connectivity index (χ1n) is 7.99. The smallest absolute Gasteiger partial charge is 0.351 e. The Labute approximate surface area is 142 Å². The Hall–Kier alpha value is -2.07. The van der Waals surface area contributed by atoms with Gasteiger partial charge in [0.05, 0.1) is 0 Å². The number of carbonyl (C=O) groups is 1. The van der Waals surface area contributed by atoms with Crippen LogP contribution in [0, 0.1) is 0 Å². The molecule has 1 aromatic rings. The number of halogens is 2. The highest BCUT2D eigenvalue weighted by Gasteiger charge is 2.60. The predicted octanol–water partition coefficient (Wildman–Crippen LogP) is 0.843. The summed E-state index contributed by atoms with van der Waals surface area (Å²) >= 11 is 0. The number of aliphatic hydroxyl groups excluding tert-OH is 1. The molecule has 140 valence electrons. The number of unbranched alkanes of at least 4 members (excludes halogenated alkanes) is 2. The van der Waals surface area contributed by atoms with E-state index in [4.69, 9.17) is 15.2 Å². The number of aromatic nitrogens is 2. The second kappa shape index (κ2) is 7.87. The Morgan fingerprint density at radius 2 is 2.24 bits per heavy atom. The first-order valence-corrected chi connectivity index (χ1v) is 7.99. The number of esters is 1. The highest BCUT2D eigenvalue weighted by Crippen LogP contribution is 2.42. The number of alkyl halides is 2. The first kappa shape index (κ1) is 19.3. The number of nitrogen functional groups attached to an aromatic ring is 1. The lowest BCUT2D eigenvalue weighted by Gasteiger charge is -2.20. The topological polar surface area (TPSA) is 117 Å². The van der Waals surface area contributed by atoms with Gasteiger partial charge in [-0.3, -0.25) is 9.36 Å². The van der Waals surface area contributed by atoms with Gasteiger partial charge in [0.25, 0.3) is 0 Å². The summed E-state index contributed by atoms with van der Waals surface area (Å²) in [4.78, 5) is 26.6. The fraction of sp³-hybridized carbons (Fsp3) is 0.667. The highest BCUT2D eigenvalue weighted by molar-refractivity contribution is 5.69. The van der Waals surface area contributed by atoms with E-state index in [2.05, 4.69) is 4.98 Å². The van der Waals surface area contributed by atoms with E-state index in [0.717, 1.165) is 25.1 Å². The SMILES string of the molecule is CCCCCC(=O)OC[C@H]1O[C@@H](n2ccc(N)nc2=O)C(F)(F)C1O. The van der Waals surface area contributed by atoms with Crippen LogP contribution >= 0.6 is 0 Å². The Bertz CT molecular complexity index is 667. The molecule has 8 nitrogen and oxygen atoms in total. The Morgan fingerprint density at radius 1 is 1.52 bits per heavy atom. The summed E-state index contributed by atoms with van der Waals surface area (Å²) in [5, 5.41) is 9.79. The molecule has 0 bridgehead atoms. The summed E-state index contributed by atoms with van der Waals surface area (Å²) in [5.41, 5.74) is 4.29. The van der Waals surface area contributed by atoms with Gasteiger partial charge < -0.3 is 20.3 Å². The number of hydrogen-bond acceptors (Lipinski definition) is 7. The second-order valence-electron chi connectivity index (χ2n) is 5.83. The average Bonchev–Trinajstić information content (AvgIpc) is 2.77. The zero-order chi connectivity index (χ0) is 18.6. The molecule has 3 atom stereocenters. The van der Waals surface area contributed by atoms with Gasteiger partial charge >= 0.3 is 17.6 Å². The molecule has 2 rings (SSSR count). The number of rotatable bonds is 7. The molecule has 3 N–H and O–H groups in total. The standard InChI is InChI=1S/C15H21F2N3O5/c1-2-3-4-5-11(21)24-8-9-12(22)15(16,17)13(25-9)20-7-6-10(18)19-14(20)23/h6-7,9,12-13,22H,2-5,8H2,1H3,(H2,18,19,23)/t9-,12?,13-/m1/s1. The molecule has 1 fully saturated rings. The van der Waals surface area contributed by atoms with Crippen LogP contribution in [-0.4, -0.2) is 45.4 Å². The fourth-order valence-electron chi connectivity index (χ4n) is 2.48. The van der Waals surface area contributed by atoms with Crippen LogP contribution in [0.5, 0.6) is 0 Å². The van der Waals surface area contributed by atoms with E-state index in [1.807, 2.05) is 6.92 Å². The molecular formula is C15H21F2N3O5. The van der Waals surface area contributed by atoms with Gasteiger partial charge in [0, 0.05) is 12.6 Å². The van der Waals surface area contributed by atoms with Crippen molar-refractivity contribution in [2.24, 2.45) is 0 Å². The Kier molecular flexibility index (Phi) is 6.07. The summed E-state index contributed by atoms with van der Waals surface area (Å²) in [6, 6.07) is 1.16. The maximum absolute atomic E-state index is 14.3. The highest BCUT2D eigenvalue weighted by atomic mass is 19.3. The zero-order valence-corrected chi connectivity index (χ0v) is 13.7. The quantitative estimate of drug-likeness (QED) is 0.546. The average molecular weight is 361 g/mol. The maximum Gasteiger partial charge on any atom is 0.351 e. The number of anilines is 1. The molecule has 0 aromatic carbocycles. The second-order valence-corrected chi connectivity index (χ2v) is 5.83. The minimum Gasteiger partial charge on any atom is -0.463 e. The van der Waals surface area contributed by atoms with Crippen LogP contribution in [0.15, 0.2) is 17.1 Å². The maximum atomic E-state index is 14.3. The molecular weight excluding hydrogens is 340 g/mol. The van der Waals surface area contributed by atoms with Gasteiger partial charge in [-0.25, -0.2) is 4.79 Å². The van der Waals surface area contributed by atoms with Crippen molar-refractivity contribution in [3.63, 3.8) is 0 Å². The van der Waals surface area contributed by atoms with Crippen molar-refractivity contribution in [2.75, 3.05) is 12.3 Å². The van der Waals surface area contributed by atoms with Crippen LogP contribution < -0.4 is 11.4 Å². The Balaban J connectivity index is 2.03. The number of carbonyl (C=O) groups excluding carboxylic acids is 1. The van der Waals surface area contributed by atoms with Crippen LogP contribution in [0.2, 0.25) is 0 Å². The first-order chi connectivity index (χ1) is 11.8. The van der Waals surface area contributed by atoms with E-state index in [0.29, 0.717) is 11.0 Å². The molecule has 0 spiro atoms. The van der Waals surface area contributed by atoms with Gasteiger partial charge in [0.15, 0.2) is 6.10 Å². The minimum absolute atomic E-state index is 0.124. The van der Waals surface area contributed by atoms with Crippen molar-refractivity contribution in [3.8, 4) is 0 Å². The van der Waals surface area contributed by atoms with E-state index < -0.39 is 42.6 Å². The van der Waals surface area contributed by atoms with E-state index in [1.54, 1.807) is 0 Å². The van der Waals surface area contributed by atoms with Gasteiger partial charge in [0.2, 0.25) is 6.23 Å². The van der Waals surface area contributed by atoms with Gasteiger partial charge in [-0.2, -0.15) is 13.8 Å². The van der Waals surface area contributed by atoms with E-state index in [-0.39, 0.29) is 12.2 Å². The van der Waals surface area contributed by atoms with Crippen molar-refractivity contribution in [1.82, 2.24) is 9.55 Å². The third-order valence-corrected chi connectivity index (χ3v) is 3.88. The number of aliphatic hydroxyl groups is 1. The number of nitrogens with two attached hydrogens (primary N) is 1. The molecule has 0 aliphatic carbocycles. The molecule has 2 heterocycles. The summed E-state index contributed by atoms with van der Waals surface area (Å²) < 4.78 is 39.0. The van der Waals surface area contributed by atoms with Crippen LogP contribution in [0.3, 0.4) is 0 Å².